The summed E-state index contributed by atoms with van der Waals surface area (Å²) in [5.74, 6) is 0.901. The number of aromatic nitrogens is 2. The van der Waals surface area contributed by atoms with Crippen LogP contribution in [0.4, 0.5) is 0 Å². The van der Waals surface area contributed by atoms with Crippen LogP contribution in [0.15, 0.2) is 30.3 Å². The molecule has 0 aliphatic heterocycles. The van der Waals surface area contributed by atoms with Crippen molar-refractivity contribution in [2.75, 3.05) is 13.1 Å². The second-order valence-electron chi connectivity index (χ2n) is 4.14. The van der Waals surface area contributed by atoms with Gasteiger partial charge in [0.25, 0.3) is 0 Å². The number of aryl methyl sites for hydroxylation is 1. The van der Waals surface area contributed by atoms with Crippen molar-refractivity contribution in [1.82, 2.24) is 15.3 Å². The summed E-state index contributed by atoms with van der Waals surface area (Å²) in [6.45, 7) is 3.18. The lowest BCUT2D eigenvalue weighted by Crippen LogP contribution is -2.19. The van der Waals surface area contributed by atoms with Crippen LogP contribution in [-0.2, 0) is 11.2 Å². The first-order valence-corrected chi connectivity index (χ1v) is 6.06. The average molecular weight is 243 g/mol. The van der Waals surface area contributed by atoms with Crippen molar-refractivity contribution in [3.05, 3.63) is 41.7 Å². The molecule has 4 nitrogen and oxygen atoms in total. The molecule has 0 radical (unpaired) electrons. The van der Waals surface area contributed by atoms with Crippen molar-refractivity contribution in [2.45, 2.75) is 13.3 Å². The van der Waals surface area contributed by atoms with Crippen LogP contribution in [0, 0.1) is 6.92 Å². The Hall–Kier alpha value is -1.94. The van der Waals surface area contributed by atoms with E-state index in [1.54, 1.807) is 0 Å². The normalized spacial score (nSPS) is 10.5. The maximum Gasteiger partial charge on any atom is 0.137 e. The van der Waals surface area contributed by atoms with Gasteiger partial charge >= 0.3 is 0 Å². The number of aldehydes is 1. The van der Waals surface area contributed by atoms with Gasteiger partial charge in [0.2, 0.25) is 0 Å². The van der Waals surface area contributed by atoms with Gasteiger partial charge in [-0.15, -0.1) is 0 Å². The van der Waals surface area contributed by atoms with Crippen LogP contribution in [-0.4, -0.2) is 29.3 Å². The minimum Gasteiger partial charge on any atom is -0.342 e. The van der Waals surface area contributed by atoms with E-state index in [4.69, 9.17) is 0 Å². The molecule has 0 fully saturated rings. The minimum absolute atomic E-state index is 0.398. The zero-order valence-electron chi connectivity index (χ0n) is 10.4. The second-order valence-corrected chi connectivity index (χ2v) is 4.14. The molecule has 1 aromatic carbocycles. The molecule has 0 saturated heterocycles. The van der Waals surface area contributed by atoms with Crippen LogP contribution in [0.3, 0.4) is 0 Å². The summed E-state index contributed by atoms with van der Waals surface area (Å²) in [4.78, 5) is 18.1. The van der Waals surface area contributed by atoms with Crippen molar-refractivity contribution < 1.29 is 4.79 Å². The van der Waals surface area contributed by atoms with Gasteiger partial charge in [-0.1, -0.05) is 30.3 Å². The fraction of sp³-hybridized carbons (Fsp3) is 0.286. The molecule has 0 aliphatic rings. The largest absolute Gasteiger partial charge is 0.342 e. The number of imidazole rings is 1. The first-order chi connectivity index (χ1) is 8.81. The highest BCUT2D eigenvalue weighted by Gasteiger charge is 2.07. The Morgan fingerprint density at radius 2 is 2.11 bits per heavy atom. The molecule has 1 aromatic heterocycles. The average Bonchev–Trinajstić information content (AvgIpc) is 2.77. The molecule has 0 atom stereocenters. The van der Waals surface area contributed by atoms with Crippen LogP contribution >= 0.6 is 0 Å². The monoisotopic (exact) mass is 243 g/mol. The van der Waals surface area contributed by atoms with Gasteiger partial charge < -0.3 is 15.1 Å². The molecule has 18 heavy (non-hydrogen) atoms. The molecule has 2 rings (SSSR count). The maximum absolute atomic E-state index is 10.2. The molecule has 2 aromatic rings. The fourth-order valence-corrected chi connectivity index (χ4v) is 1.84. The fourth-order valence-electron chi connectivity index (χ4n) is 1.84. The zero-order valence-corrected chi connectivity index (χ0v) is 10.4. The molecule has 0 bridgehead atoms. The van der Waals surface area contributed by atoms with Gasteiger partial charge in [0.1, 0.15) is 12.1 Å². The highest BCUT2D eigenvalue weighted by atomic mass is 16.1. The molecule has 0 aliphatic carbocycles. The summed E-state index contributed by atoms with van der Waals surface area (Å²) < 4.78 is 0. The van der Waals surface area contributed by atoms with Crippen LogP contribution in [0.1, 0.15) is 11.4 Å². The van der Waals surface area contributed by atoms with Crippen LogP contribution in [0.5, 0.6) is 0 Å². The van der Waals surface area contributed by atoms with Gasteiger partial charge in [0.15, 0.2) is 0 Å². The van der Waals surface area contributed by atoms with Crippen molar-refractivity contribution >= 4 is 6.29 Å². The van der Waals surface area contributed by atoms with E-state index in [1.165, 1.54) is 0 Å². The molecule has 2 N–H and O–H groups in total. The molecule has 94 valence electrons. The van der Waals surface area contributed by atoms with E-state index in [2.05, 4.69) is 15.3 Å². The van der Waals surface area contributed by atoms with Crippen LogP contribution in [0.2, 0.25) is 0 Å². The Kier molecular flexibility index (Phi) is 4.25. The third-order valence-corrected chi connectivity index (χ3v) is 2.80. The summed E-state index contributed by atoms with van der Waals surface area (Å²) in [6.07, 6.45) is 1.69. The van der Waals surface area contributed by atoms with Gasteiger partial charge in [0, 0.05) is 24.2 Å². The summed E-state index contributed by atoms with van der Waals surface area (Å²) in [6, 6.07) is 10.1. The topological polar surface area (TPSA) is 57.8 Å². The number of hydrogen-bond donors (Lipinski definition) is 2. The van der Waals surface area contributed by atoms with Crippen molar-refractivity contribution in [3.63, 3.8) is 0 Å². The third-order valence-electron chi connectivity index (χ3n) is 2.80. The number of H-pyrrole nitrogens is 1. The summed E-state index contributed by atoms with van der Waals surface area (Å²) in [5.41, 5.74) is 3.22. The molecule has 0 saturated carbocycles. The third kappa shape index (κ3) is 3.05. The molecular formula is C14H17N3O. The highest BCUT2D eigenvalue weighted by molar-refractivity contribution is 5.55. The van der Waals surface area contributed by atoms with E-state index in [0.29, 0.717) is 6.54 Å². The van der Waals surface area contributed by atoms with Crippen molar-refractivity contribution in [3.8, 4) is 11.4 Å². The quantitative estimate of drug-likeness (QED) is 0.600. The van der Waals surface area contributed by atoms with E-state index < -0.39 is 0 Å². The first-order valence-electron chi connectivity index (χ1n) is 6.06. The van der Waals surface area contributed by atoms with Gasteiger partial charge in [0.05, 0.1) is 12.2 Å². The van der Waals surface area contributed by atoms with E-state index >= 15 is 0 Å². The number of nitrogens with zero attached hydrogens (tertiary/aromatic N) is 1. The van der Waals surface area contributed by atoms with Crippen LogP contribution < -0.4 is 5.32 Å². The lowest BCUT2D eigenvalue weighted by Gasteiger charge is -1.98. The van der Waals surface area contributed by atoms with Gasteiger partial charge in [-0.2, -0.15) is 0 Å². The number of carbonyl (C=O) groups is 1. The number of carbonyl (C=O) groups excluding carboxylic acids is 1. The summed E-state index contributed by atoms with van der Waals surface area (Å²) in [7, 11) is 0. The maximum atomic E-state index is 10.2. The zero-order chi connectivity index (χ0) is 12.8. The Bertz CT molecular complexity index is 505. The predicted molar refractivity (Wildman–Crippen MR) is 71.4 cm³/mol. The van der Waals surface area contributed by atoms with Crippen molar-refractivity contribution in [1.29, 1.82) is 0 Å². The summed E-state index contributed by atoms with van der Waals surface area (Å²) >= 11 is 0. The van der Waals surface area contributed by atoms with E-state index in [9.17, 15) is 4.79 Å². The van der Waals surface area contributed by atoms with E-state index in [-0.39, 0.29) is 0 Å². The smallest absolute Gasteiger partial charge is 0.137 e. The Morgan fingerprint density at radius 1 is 1.33 bits per heavy atom. The predicted octanol–water partition coefficient (Wildman–Crippen LogP) is 1.72. The highest BCUT2D eigenvalue weighted by Crippen LogP contribution is 2.17. The Labute approximate surface area is 106 Å². The first kappa shape index (κ1) is 12.5. The van der Waals surface area contributed by atoms with Crippen molar-refractivity contribution in [2.24, 2.45) is 0 Å². The molecule has 0 amide bonds. The molecule has 0 spiro atoms. The van der Waals surface area contributed by atoms with E-state index in [0.717, 1.165) is 42.0 Å². The number of nitrogens with one attached hydrogen (secondary N) is 2. The number of hydrogen-bond acceptors (Lipinski definition) is 3. The lowest BCUT2D eigenvalue weighted by atomic mass is 10.2. The molecule has 0 unspecified atom stereocenters. The van der Waals surface area contributed by atoms with Gasteiger partial charge in [-0.25, -0.2) is 4.98 Å². The van der Waals surface area contributed by atoms with E-state index in [1.807, 2.05) is 37.3 Å². The second kappa shape index (κ2) is 6.12. The number of aromatic amines is 1. The molecule has 1 heterocycles. The summed E-state index contributed by atoms with van der Waals surface area (Å²) in [5, 5.41) is 3.04. The standard InChI is InChI=1S/C14H17N3O/c1-11-13(7-8-15-9-10-18)17-14(16-11)12-5-3-2-4-6-12/h2-6,10,15H,7-9H2,1H3,(H,16,17). The Balaban J connectivity index is 2.05. The SMILES string of the molecule is Cc1[nH]c(-c2ccccc2)nc1CCNCC=O. The number of rotatable bonds is 6. The van der Waals surface area contributed by atoms with Gasteiger partial charge in [-0.05, 0) is 6.92 Å². The van der Waals surface area contributed by atoms with Gasteiger partial charge in [-0.3, -0.25) is 0 Å². The molecule has 4 heteroatoms. The Morgan fingerprint density at radius 3 is 2.83 bits per heavy atom. The minimum atomic E-state index is 0.398. The molecular weight excluding hydrogens is 226 g/mol. The van der Waals surface area contributed by atoms with Crippen LogP contribution in [0.25, 0.3) is 11.4 Å². The number of benzene rings is 1. The lowest BCUT2D eigenvalue weighted by molar-refractivity contribution is -0.107.